The molecule has 1 N–H and O–H groups in total. The molecule has 0 aromatic carbocycles. The minimum Gasteiger partial charge on any atom is -0.481 e. The summed E-state index contributed by atoms with van der Waals surface area (Å²) in [6, 6.07) is 0. The highest BCUT2D eigenvalue weighted by Gasteiger charge is 2.41. The zero-order valence-electron chi connectivity index (χ0n) is 11.0. The minimum absolute atomic E-state index is 0.00176. The Morgan fingerprint density at radius 2 is 1.67 bits per heavy atom. The lowest BCUT2D eigenvalue weighted by molar-refractivity contribution is -0.154. The smallest absolute Gasteiger partial charge is 0.307 e. The summed E-state index contributed by atoms with van der Waals surface area (Å²) in [6.07, 6.45) is 2.23. The third-order valence-corrected chi connectivity index (χ3v) is 3.88. The molecule has 0 aromatic heterocycles. The van der Waals surface area contributed by atoms with Gasteiger partial charge in [0.25, 0.3) is 0 Å². The molecule has 5 nitrogen and oxygen atoms in total. The van der Waals surface area contributed by atoms with Crippen LogP contribution in [-0.4, -0.2) is 47.2 Å². The monoisotopic (exact) mass is 255 g/mol. The molecule has 2 aliphatic rings. The van der Waals surface area contributed by atoms with Crippen molar-refractivity contribution in [2.45, 2.75) is 45.3 Å². The average molecular weight is 255 g/mol. The molecule has 1 saturated heterocycles. The number of carboxylic acids is 1. The molecule has 2 unspecified atom stereocenters. The van der Waals surface area contributed by atoms with E-state index in [0.29, 0.717) is 25.9 Å². The van der Waals surface area contributed by atoms with E-state index in [-0.39, 0.29) is 24.0 Å². The first-order chi connectivity index (χ1) is 8.49. The van der Waals surface area contributed by atoms with Crippen LogP contribution in [0.1, 0.15) is 33.1 Å². The minimum atomic E-state index is -0.833. The highest BCUT2D eigenvalue weighted by Crippen LogP contribution is 2.34. The maximum Gasteiger partial charge on any atom is 0.307 e. The molecule has 5 heteroatoms. The summed E-state index contributed by atoms with van der Waals surface area (Å²) in [7, 11) is 0. The quantitative estimate of drug-likeness (QED) is 0.803. The summed E-state index contributed by atoms with van der Waals surface area (Å²) in [5.74, 6) is -1.66. The Bertz CT molecular complexity index is 334. The summed E-state index contributed by atoms with van der Waals surface area (Å²) >= 11 is 0. The van der Waals surface area contributed by atoms with E-state index < -0.39 is 11.9 Å². The first kappa shape index (κ1) is 13.3. The predicted molar refractivity (Wildman–Crippen MR) is 65.1 cm³/mol. The molecular weight excluding hydrogens is 234 g/mol. The van der Waals surface area contributed by atoms with Gasteiger partial charge in [-0.2, -0.15) is 0 Å². The second-order valence-electron chi connectivity index (χ2n) is 5.48. The van der Waals surface area contributed by atoms with Crippen molar-refractivity contribution in [2.75, 3.05) is 13.1 Å². The SMILES string of the molecule is C[C@@H]1CN(C(=O)C2CCCC2C(=O)O)C[C@H](C)O1. The Hall–Kier alpha value is -1.10. The van der Waals surface area contributed by atoms with Crippen LogP contribution >= 0.6 is 0 Å². The third-order valence-electron chi connectivity index (χ3n) is 3.88. The van der Waals surface area contributed by atoms with Crippen LogP contribution in [0.15, 0.2) is 0 Å². The van der Waals surface area contributed by atoms with Gasteiger partial charge >= 0.3 is 5.97 Å². The van der Waals surface area contributed by atoms with Crippen molar-refractivity contribution in [3.05, 3.63) is 0 Å². The number of nitrogens with zero attached hydrogens (tertiary/aromatic N) is 1. The summed E-state index contributed by atoms with van der Waals surface area (Å²) in [5, 5.41) is 9.14. The molecular formula is C13H21NO4. The van der Waals surface area contributed by atoms with E-state index in [2.05, 4.69) is 0 Å². The lowest BCUT2D eigenvalue weighted by Gasteiger charge is -2.37. The molecule has 0 radical (unpaired) electrons. The fraction of sp³-hybridized carbons (Fsp3) is 0.846. The van der Waals surface area contributed by atoms with Crippen LogP contribution in [0.3, 0.4) is 0 Å². The van der Waals surface area contributed by atoms with E-state index in [0.717, 1.165) is 6.42 Å². The van der Waals surface area contributed by atoms with Crippen LogP contribution in [0.2, 0.25) is 0 Å². The fourth-order valence-electron chi connectivity index (χ4n) is 3.14. The number of rotatable bonds is 2. The van der Waals surface area contributed by atoms with Crippen molar-refractivity contribution in [3.63, 3.8) is 0 Å². The molecule has 0 aromatic rings. The Morgan fingerprint density at radius 3 is 2.22 bits per heavy atom. The zero-order chi connectivity index (χ0) is 13.3. The van der Waals surface area contributed by atoms with Gasteiger partial charge in [0.15, 0.2) is 0 Å². The first-order valence-electron chi connectivity index (χ1n) is 6.66. The van der Waals surface area contributed by atoms with Crippen molar-refractivity contribution in [1.82, 2.24) is 4.90 Å². The van der Waals surface area contributed by atoms with Gasteiger partial charge in [0.2, 0.25) is 5.91 Å². The molecule has 1 amide bonds. The summed E-state index contributed by atoms with van der Waals surface area (Å²) in [4.78, 5) is 25.3. The zero-order valence-corrected chi connectivity index (χ0v) is 11.0. The van der Waals surface area contributed by atoms with Gasteiger partial charge in [-0.25, -0.2) is 0 Å². The molecule has 4 atom stereocenters. The lowest BCUT2D eigenvalue weighted by atomic mass is 9.94. The molecule has 1 aliphatic carbocycles. The molecule has 2 rings (SSSR count). The second kappa shape index (κ2) is 5.26. The number of hydrogen-bond donors (Lipinski definition) is 1. The average Bonchev–Trinajstić information content (AvgIpc) is 2.75. The maximum absolute atomic E-state index is 12.4. The van der Waals surface area contributed by atoms with Crippen LogP contribution < -0.4 is 0 Å². The van der Waals surface area contributed by atoms with Crippen LogP contribution in [0.4, 0.5) is 0 Å². The van der Waals surface area contributed by atoms with Crippen molar-refractivity contribution in [3.8, 4) is 0 Å². The molecule has 102 valence electrons. The van der Waals surface area contributed by atoms with E-state index in [4.69, 9.17) is 9.84 Å². The Morgan fingerprint density at radius 1 is 1.11 bits per heavy atom. The van der Waals surface area contributed by atoms with E-state index in [1.807, 2.05) is 13.8 Å². The van der Waals surface area contributed by atoms with Crippen LogP contribution in [0.25, 0.3) is 0 Å². The molecule has 1 aliphatic heterocycles. The molecule has 18 heavy (non-hydrogen) atoms. The molecule has 0 bridgehead atoms. The Kier molecular flexibility index (Phi) is 3.90. The lowest BCUT2D eigenvalue weighted by Crippen LogP contribution is -2.50. The van der Waals surface area contributed by atoms with Crippen molar-refractivity contribution in [2.24, 2.45) is 11.8 Å². The molecule has 1 saturated carbocycles. The topological polar surface area (TPSA) is 66.8 Å². The van der Waals surface area contributed by atoms with Crippen molar-refractivity contribution < 1.29 is 19.4 Å². The van der Waals surface area contributed by atoms with Gasteiger partial charge in [-0.15, -0.1) is 0 Å². The van der Waals surface area contributed by atoms with Gasteiger partial charge in [0.1, 0.15) is 0 Å². The van der Waals surface area contributed by atoms with Crippen molar-refractivity contribution >= 4 is 11.9 Å². The van der Waals surface area contributed by atoms with Gasteiger partial charge in [-0.05, 0) is 26.7 Å². The number of morpholine rings is 1. The Labute approximate surface area is 107 Å². The molecule has 2 fully saturated rings. The molecule has 0 spiro atoms. The number of carbonyl (C=O) groups is 2. The molecule has 1 heterocycles. The fourth-order valence-corrected chi connectivity index (χ4v) is 3.14. The van der Waals surface area contributed by atoms with Gasteiger partial charge < -0.3 is 14.7 Å². The third kappa shape index (κ3) is 2.66. The number of aliphatic carboxylic acids is 1. The van der Waals surface area contributed by atoms with E-state index >= 15 is 0 Å². The number of amides is 1. The van der Waals surface area contributed by atoms with E-state index in [1.54, 1.807) is 4.90 Å². The normalized spacial score (nSPS) is 36.7. The van der Waals surface area contributed by atoms with Crippen LogP contribution in [0.5, 0.6) is 0 Å². The number of carbonyl (C=O) groups excluding carboxylic acids is 1. The number of ether oxygens (including phenoxy) is 1. The summed E-state index contributed by atoms with van der Waals surface area (Å²) < 4.78 is 5.59. The van der Waals surface area contributed by atoms with Crippen LogP contribution in [-0.2, 0) is 14.3 Å². The first-order valence-corrected chi connectivity index (χ1v) is 6.66. The maximum atomic E-state index is 12.4. The van der Waals surface area contributed by atoms with Gasteiger partial charge in [0, 0.05) is 13.1 Å². The largest absolute Gasteiger partial charge is 0.481 e. The van der Waals surface area contributed by atoms with Gasteiger partial charge in [0.05, 0.1) is 24.0 Å². The summed E-state index contributed by atoms with van der Waals surface area (Å²) in [6.45, 7) is 5.04. The van der Waals surface area contributed by atoms with Gasteiger partial charge in [-0.1, -0.05) is 6.42 Å². The van der Waals surface area contributed by atoms with Gasteiger partial charge in [-0.3, -0.25) is 9.59 Å². The highest BCUT2D eigenvalue weighted by molar-refractivity contribution is 5.85. The van der Waals surface area contributed by atoms with Crippen LogP contribution in [0, 0.1) is 11.8 Å². The number of hydrogen-bond acceptors (Lipinski definition) is 3. The Balaban J connectivity index is 2.04. The van der Waals surface area contributed by atoms with E-state index in [1.165, 1.54) is 0 Å². The summed E-state index contributed by atoms with van der Waals surface area (Å²) in [5.41, 5.74) is 0. The predicted octanol–water partition coefficient (Wildman–Crippen LogP) is 1.12. The van der Waals surface area contributed by atoms with Crippen molar-refractivity contribution in [1.29, 1.82) is 0 Å². The standard InChI is InChI=1S/C13H21NO4/c1-8-6-14(7-9(2)18-8)12(15)10-4-3-5-11(10)13(16)17/h8-11H,3-7H2,1-2H3,(H,16,17)/t8-,9+,10?,11?. The second-order valence-corrected chi connectivity index (χ2v) is 5.48. The van der Waals surface area contributed by atoms with E-state index in [9.17, 15) is 9.59 Å². The number of carboxylic acid groups (broad SMARTS) is 1. The highest BCUT2D eigenvalue weighted by atomic mass is 16.5.